The summed E-state index contributed by atoms with van der Waals surface area (Å²) in [5.41, 5.74) is 1.51. The molecule has 0 aliphatic carbocycles. The fraction of sp³-hybridized carbons (Fsp3) is 0.190. The second-order valence-corrected chi connectivity index (χ2v) is 6.60. The molecule has 1 atom stereocenters. The summed E-state index contributed by atoms with van der Waals surface area (Å²) < 4.78 is 5.55. The fourth-order valence-corrected chi connectivity index (χ4v) is 3.30. The number of nitrogens with zero attached hydrogens (tertiary/aromatic N) is 1. The van der Waals surface area contributed by atoms with Gasteiger partial charge >= 0.3 is 6.09 Å². The molecule has 3 aromatic rings. The van der Waals surface area contributed by atoms with E-state index in [1.54, 1.807) is 49.5 Å². The molecule has 3 rings (SSSR count). The number of rotatable bonds is 6. The molecule has 2 N–H and O–H groups in total. The van der Waals surface area contributed by atoms with E-state index in [2.05, 4.69) is 10.3 Å². The highest BCUT2D eigenvalue weighted by Gasteiger charge is 2.18. The van der Waals surface area contributed by atoms with Crippen molar-refractivity contribution in [3.8, 4) is 5.88 Å². The van der Waals surface area contributed by atoms with Crippen LogP contribution in [0.3, 0.4) is 0 Å². The first-order valence-corrected chi connectivity index (χ1v) is 9.14. The Morgan fingerprint density at radius 3 is 2.64 bits per heavy atom. The van der Waals surface area contributed by atoms with Crippen molar-refractivity contribution in [2.24, 2.45) is 0 Å². The predicted molar refractivity (Wildman–Crippen MR) is 107 cm³/mol. The zero-order valence-corrected chi connectivity index (χ0v) is 16.2. The third kappa shape index (κ3) is 3.92. The van der Waals surface area contributed by atoms with Crippen LogP contribution in [0.4, 0.5) is 4.79 Å². The Morgan fingerprint density at radius 2 is 1.96 bits per heavy atom. The van der Waals surface area contributed by atoms with E-state index in [-0.39, 0.29) is 10.8 Å². The molecule has 28 heavy (non-hydrogen) atoms. The maximum atomic E-state index is 13.2. The van der Waals surface area contributed by atoms with Gasteiger partial charge in [0.1, 0.15) is 0 Å². The number of hydrogen-bond donors (Lipinski definition) is 2. The molecule has 6 nitrogen and oxygen atoms in total. The predicted octanol–water partition coefficient (Wildman–Crippen LogP) is 4.85. The Labute approximate surface area is 167 Å². The van der Waals surface area contributed by atoms with Crippen LogP contribution in [0.2, 0.25) is 5.02 Å². The first-order valence-electron chi connectivity index (χ1n) is 8.76. The van der Waals surface area contributed by atoms with E-state index in [4.69, 9.17) is 21.4 Å². The van der Waals surface area contributed by atoms with Crippen molar-refractivity contribution in [1.82, 2.24) is 10.3 Å². The topological polar surface area (TPSA) is 88.5 Å². The van der Waals surface area contributed by atoms with Crippen LogP contribution in [0.15, 0.2) is 48.7 Å². The highest BCUT2D eigenvalue weighted by atomic mass is 35.5. The number of pyridine rings is 1. The SMILES string of the molecule is CCOc1nccc2c(C(=O)c3ccc(C(C)NC(=O)O)cc3Cl)cccc12. The van der Waals surface area contributed by atoms with E-state index in [1.165, 1.54) is 0 Å². The van der Waals surface area contributed by atoms with Gasteiger partial charge in [-0.3, -0.25) is 4.79 Å². The lowest BCUT2D eigenvalue weighted by Gasteiger charge is -2.14. The number of ketones is 1. The summed E-state index contributed by atoms with van der Waals surface area (Å²) in [7, 11) is 0. The summed E-state index contributed by atoms with van der Waals surface area (Å²) in [4.78, 5) is 28.2. The van der Waals surface area contributed by atoms with Crippen molar-refractivity contribution >= 4 is 34.2 Å². The van der Waals surface area contributed by atoms with Gasteiger partial charge in [0.25, 0.3) is 0 Å². The van der Waals surface area contributed by atoms with Crippen LogP contribution in [0.1, 0.15) is 41.4 Å². The number of benzene rings is 2. The van der Waals surface area contributed by atoms with Crippen molar-refractivity contribution in [1.29, 1.82) is 0 Å². The summed E-state index contributed by atoms with van der Waals surface area (Å²) in [5, 5.41) is 13.0. The maximum Gasteiger partial charge on any atom is 0.405 e. The third-order valence-corrected chi connectivity index (χ3v) is 4.69. The Morgan fingerprint density at radius 1 is 1.18 bits per heavy atom. The van der Waals surface area contributed by atoms with E-state index >= 15 is 0 Å². The van der Waals surface area contributed by atoms with Crippen molar-refractivity contribution in [2.75, 3.05) is 6.61 Å². The number of fused-ring (bicyclic) bond motifs is 1. The first kappa shape index (κ1) is 19.6. The van der Waals surface area contributed by atoms with Crippen LogP contribution in [0.5, 0.6) is 5.88 Å². The van der Waals surface area contributed by atoms with Crippen LogP contribution in [0.25, 0.3) is 10.8 Å². The number of nitrogens with one attached hydrogen (secondary N) is 1. The van der Waals surface area contributed by atoms with Crippen molar-refractivity contribution in [3.05, 3.63) is 70.4 Å². The van der Waals surface area contributed by atoms with Gasteiger partial charge in [-0.15, -0.1) is 0 Å². The molecule has 0 saturated heterocycles. The van der Waals surface area contributed by atoms with E-state index in [9.17, 15) is 9.59 Å². The summed E-state index contributed by atoms with van der Waals surface area (Å²) in [6.45, 7) is 4.05. The summed E-state index contributed by atoms with van der Waals surface area (Å²) >= 11 is 6.35. The number of aromatic nitrogens is 1. The van der Waals surface area contributed by atoms with Gasteiger partial charge < -0.3 is 15.2 Å². The van der Waals surface area contributed by atoms with E-state index in [0.717, 1.165) is 10.8 Å². The minimum absolute atomic E-state index is 0.227. The zero-order valence-electron chi connectivity index (χ0n) is 15.4. The van der Waals surface area contributed by atoms with E-state index in [0.29, 0.717) is 29.2 Å². The molecule has 0 radical (unpaired) electrons. The molecule has 0 bridgehead atoms. The molecule has 144 valence electrons. The summed E-state index contributed by atoms with van der Waals surface area (Å²) in [5.74, 6) is 0.249. The second-order valence-electron chi connectivity index (χ2n) is 6.19. The average Bonchev–Trinajstić information content (AvgIpc) is 2.67. The molecule has 1 heterocycles. The molecule has 1 aromatic heterocycles. The third-order valence-electron chi connectivity index (χ3n) is 4.37. The van der Waals surface area contributed by atoms with Gasteiger partial charge in [-0.2, -0.15) is 0 Å². The van der Waals surface area contributed by atoms with E-state index < -0.39 is 12.1 Å². The minimum Gasteiger partial charge on any atom is -0.478 e. The number of carbonyl (C=O) groups is 2. The molecule has 0 fully saturated rings. The Bertz CT molecular complexity index is 1050. The lowest BCUT2D eigenvalue weighted by atomic mass is 9.96. The average molecular weight is 399 g/mol. The summed E-state index contributed by atoms with van der Waals surface area (Å²) in [6, 6.07) is 11.6. The van der Waals surface area contributed by atoms with Crippen molar-refractivity contribution in [3.63, 3.8) is 0 Å². The minimum atomic E-state index is -1.13. The smallest absolute Gasteiger partial charge is 0.405 e. The van der Waals surface area contributed by atoms with Gasteiger partial charge in [0.05, 0.1) is 17.7 Å². The highest BCUT2D eigenvalue weighted by molar-refractivity contribution is 6.35. The number of carbonyl (C=O) groups excluding carboxylic acids is 1. The second kappa shape index (κ2) is 8.27. The normalized spacial score (nSPS) is 11.8. The number of carboxylic acid groups (broad SMARTS) is 1. The van der Waals surface area contributed by atoms with Gasteiger partial charge in [0.2, 0.25) is 5.88 Å². The molecule has 0 aliphatic heterocycles. The van der Waals surface area contributed by atoms with Gasteiger partial charge in [-0.05, 0) is 49.1 Å². The molecule has 1 unspecified atom stereocenters. The number of ether oxygens (including phenoxy) is 1. The van der Waals surface area contributed by atoms with Gasteiger partial charge in [0, 0.05) is 22.7 Å². The largest absolute Gasteiger partial charge is 0.478 e. The van der Waals surface area contributed by atoms with Crippen LogP contribution < -0.4 is 10.1 Å². The van der Waals surface area contributed by atoms with Crippen molar-refractivity contribution < 1.29 is 19.4 Å². The Kier molecular flexibility index (Phi) is 5.80. The molecule has 0 aliphatic rings. The van der Waals surface area contributed by atoms with Gasteiger partial charge in [-0.1, -0.05) is 29.8 Å². The quantitative estimate of drug-likeness (QED) is 0.579. The monoisotopic (exact) mass is 398 g/mol. The maximum absolute atomic E-state index is 13.2. The lowest BCUT2D eigenvalue weighted by Crippen LogP contribution is -2.24. The van der Waals surface area contributed by atoms with Crippen molar-refractivity contribution in [2.45, 2.75) is 19.9 Å². The summed E-state index contributed by atoms with van der Waals surface area (Å²) in [6.07, 6.45) is 0.479. The Balaban J connectivity index is 2.01. The van der Waals surface area contributed by atoms with Gasteiger partial charge in [0.15, 0.2) is 5.78 Å². The van der Waals surface area contributed by atoms with E-state index in [1.807, 2.05) is 13.0 Å². The van der Waals surface area contributed by atoms with Crippen LogP contribution in [-0.4, -0.2) is 28.6 Å². The molecule has 7 heteroatoms. The zero-order chi connectivity index (χ0) is 20.3. The van der Waals surface area contributed by atoms with Crippen LogP contribution >= 0.6 is 11.6 Å². The molecule has 2 aromatic carbocycles. The molecule has 0 saturated carbocycles. The number of amides is 1. The van der Waals surface area contributed by atoms with Crippen LogP contribution in [-0.2, 0) is 0 Å². The number of halogens is 1. The fourth-order valence-electron chi connectivity index (χ4n) is 3.03. The molecule has 1 amide bonds. The molecular formula is C21H19ClN2O4. The first-order chi connectivity index (χ1) is 13.4. The molecular weight excluding hydrogens is 380 g/mol. The number of hydrogen-bond acceptors (Lipinski definition) is 4. The standard InChI is InChI=1S/C21H19ClN2O4/c1-3-28-20-16-6-4-5-15(14(16)9-10-23-20)19(25)17-8-7-13(11-18(17)22)12(2)24-21(26)27/h4-12,24H,3H2,1-2H3,(H,26,27). The van der Waals surface area contributed by atoms with Gasteiger partial charge in [-0.25, -0.2) is 9.78 Å². The Hall–Kier alpha value is -3.12. The molecule has 0 spiro atoms. The lowest BCUT2D eigenvalue weighted by molar-refractivity contribution is 0.104. The van der Waals surface area contributed by atoms with Crippen LogP contribution in [0, 0.1) is 0 Å². The highest BCUT2D eigenvalue weighted by Crippen LogP contribution is 2.30.